The second-order valence-corrected chi connectivity index (χ2v) is 12.5. The van der Waals surface area contributed by atoms with Crippen LogP contribution in [0.25, 0.3) is 0 Å². The molecule has 218 valence electrons. The number of benzene rings is 5. The number of hydrogen-bond acceptors (Lipinski definition) is 0. The van der Waals surface area contributed by atoms with Gasteiger partial charge in [0.05, 0.1) is 11.4 Å². The number of nitrogens with zero attached hydrogens (tertiary/aromatic N) is 4. The van der Waals surface area contributed by atoms with Crippen LogP contribution in [0.15, 0.2) is 182 Å². The Hall–Kier alpha value is -5.87. The number of fused-ring (bicyclic) bond motifs is 2. The van der Waals surface area contributed by atoms with Gasteiger partial charge in [0, 0.05) is 24.3 Å². The molecule has 4 heterocycles. The molecule has 2 aliphatic rings. The highest BCUT2D eigenvalue weighted by Crippen LogP contribution is 2.31. The van der Waals surface area contributed by atoms with Crippen LogP contribution in [-0.2, 0) is 0 Å². The summed E-state index contributed by atoms with van der Waals surface area (Å²) >= 11 is 0. The van der Waals surface area contributed by atoms with Crippen molar-refractivity contribution in [2.75, 3.05) is 0 Å². The van der Waals surface area contributed by atoms with Gasteiger partial charge in [0.25, 0.3) is 0 Å². The maximum atomic E-state index is 2.49. The van der Waals surface area contributed by atoms with Gasteiger partial charge >= 0.3 is 12.8 Å². The van der Waals surface area contributed by atoms with Gasteiger partial charge in [0.1, 0.15) is 12.4 Å². The van der Waals surface area contributed by atoms with Crippen molar-refractivity contribution in [3.05, 3.63) is 194 Å². The molecule has 0 radical (unpaired) electrons. The van der Waals surface area contributed by atoms with Crippen LogP contribution in [0.3, 0.4) is 0 Å². The van der Waals surface area contributed by atoms with Crippen molar-refractivity contribution in [2.45, 2.75) is 0 Å². The molecule has 0 amide bonds. The van der Waals surface area contributed by atoms with Crippen molar-refractivity contribution in [1.29, 1.82) is 0 Å². The largest absolute Gasteiger partial charge is 0.449 e. The van der Waals surface area contributed by atoms with Crippen molar-refractivity contribution >= 4 is 58.5 Å². The summed E-state index contributed by atoms with van der Waals surface area (Å²) in [4.78, 5) is 0. The number of rotatable bonds is 6. The van der Waals surface area contributed by atoms with Crippen LogP contribution < -0.4 is 21.9 Å². The van der Waals surface area contributed by atoms with Crippen molar-refractivity contribution in [3.63, 3.8) is 0 Å². The standard InChI is InChI=1S/C40H32B2N4/c1-5-15-33(16-6-1)41(34-17-7-2-8-18-34)43-29-13-23-39(43)31-45(41)37-25-27-38(28-26-37)46-32-40-24-14-30-44(40)42(46,35-19-9-3-10-20-35)36-21-11-4-12-22-36/h1-32H. The molecule has 0 aliphatic carbocycles. The highest BCUT2D eigenvalue weighted by Gasteiger charge is 2.51. The molecule has 2 aliphatic heterocycles. The molecule has 0 N–H and O–H groups in total. The Morgan fingerprint density at radius 3 is 0.935 bits per heavy atom. The quantitative estimate of drug-likeness (QED) is 0.241. The summed E-state index contributed by atoms with van der Waals surface area (Å²) < 4.78 is 9.90. The van der Waals surface area contributed by atoms with Gasteiger partial charge in [-0.25, -0.2) is 0 Å². The van der Waals surface area contributed by atoms with Crippen LogP contribution in [0.2, 0.25) is 0 Å². The van der Waals surface area contributed by atoms with E-state index < -0.39 is 12.8 Å². The third-order valence-corrected chi connectivity index (χ3v) is 10.3. The van der Waals surface area contributed by atoms with E-state index in [1.54, 1.807) is 0 Å². The first-order chi connectivity index (χ1) is 22.8. The Bertz CT molecular complexity index is 1990. The molecule has 46 heavy (non-hydrogen) atoms. The van der Waals surface area contributed by atoms with E-state index in [1.165, 1.54) is 33.2 Å². The van der Waals surface area contributed by atoms with Gasteiger partial charge in [-0.2, -0.15) is 0 Å². The van der Waals surface area contributed by atoms with Gasteiger partial charge in [-0.3, -0.25) is 0 Å². The van der Waals surface area contributed by atoms with Crippen LogP contribution in [0.4, 0.5) is 11.4 Å². The Balaban J connectivity index is 1.23. The van der Waals surface area contributed by atoms with Crippen molar-refractivity contribution in [1.82, 2.24) is 8.96 Å². The van der Waals surface area contributed by atoms with E-state index in [1.807, 2.05) is 0 Å². The van der Waals surface area contributed by atoms with Gasteiger partial charge in [-0.1, -0.05) is 121 Å². The van der Waals surface area contributed by atoms with Crippen LogP contribution in [0, 0.1) is 0 Å². The molecule has 4 nitrogen and oxygen atoms in total. The number of aromatic nitrogens is 2. The molecule has 0 saturated heterocycles. The predicted molar refractivity (Wildman–Crippen MR) is 192 cm³/mol. The van der Waals surface area contributed by atoms with Crippen LogP contribution in [0.1, 0.15) is 11.4 Å². The lowest BCUT2D eigenvalue weighted by Crippen LogP contribution is -2.69. The Morgan fingerprint density at radius 1 is 0.326 bits per heavy atom. The molecular weight excluding hydrogens is 558 g/mol. The van der Waals surface area contributed by atoms with E-state index in [0.29, 0.717) is 0 Å². The Kier molecular flexibility index (Phi) is 5.97. The Morgan fingerprint density at radius 2 is 0.630 bits per heavy atom. The minimum atomic E-state index is -1.51. The van der Waals surface area contributed by atoms with Gasteiger partial charge in [0.2, 0.25) is 0 Å². The fraction of sp³-hybridized carbons (Fsp3) is 0. The van der Waals surface area contributed by atoms with Gasteiger partial charge in [-0.15, -0.1) is 21.9 Å². The molecular formula is C40H32B2N4. The summed E-state index contributed by atoms with van der Waals surface area (Å²) in [7, 11) is 0. The molecule has 9 rings (SSSR count). The normalized spacial score (nSPS) is 15.6. The van der Waals surface area contributed by atoms with E-state index in [2.05, 4.69) is 213 Å². The second-order valence-electron chi connectivity index (χ2n) is 12.5. The van der Waals surface area contributed by atoms with Crippen molar-refractivity contribution in [2.24, 2.45) is 0 Å². The minimum absolute atomic E-state index is 1.15. The molecule has 6 heteroatoms. The van der Waals surface area contributed by atoms with E-state index in [-0.39, 0.29) is 0 Å². The second kappa shape index (κ2) is 10.4. The lowest BCUT2D eigenvalue weighted by atomic mass is 9.36. The van der Waals surface area contributed by atoms with Crippen molar-refractivity contribution < 1.29 is 8.97 Å². The minimum Gasteiger partial charge on any atom is -0.449 e. The Labute approximate surface area is 269 Å². The lowest BCUT2D eigenvalue weighted by molar-refractivity contribution is -0.289. The molecule has 7 aromatic rings. The first kappa shape index (κ1) is 26.5. The molecule has 0 saturated carbocycles. The molecule has 0 spiro atoms. The van der Waals surface area contributed by atoms with Gasteiger partial charge < -0.3 is 17.9 Å². The van der Waals surface area contributed by atoms with E-state index in [9.17, 15) is 0 Å². The average molecular weight is 590 g/mol. The molecule has 2 aromatic heterocycles. The summed E-state index contributed by atoms with van der Waals surface area (Å²) in [6, 6.07) is 61.6. The molecule has 0 unspecified atom stereocenters. The molecule has 0 fully saturated rings. The van der Waals surface area contributed by atoms with E-state index in [0.717, 1.165) is 11.4 Å². The van der Waals surface area contributed by atoms with Crippen LogP contribution in [0.5, 0.6) is 0 Å². The lowest BCUT2D eigenvalue weighted by Gasteiger charge is -2.37. The number of hydrogen-bond donors (Lipinski definition) is 0. The predicted octanol–water partition coefficient (Wildman–Crippen LogP) is 5.05. The van der Waals surface area contributed by atoms with Crippen LogP contribution in [-0.4, -0.2) is 43.2 Å². The summed E-state index contributed by atoms with van der Waals surface area (Å²) in [6.45, 7) is 0. The SMILES string of the molecule is C1=[N+](c2ccc([N+]3=Cc4cccn4[B-]3(c3ccccc3)c3ccccc3)cc2)[B-](c2ccccc2)(c2ccccc2)n2cccc21. The third kappa shape index (κ3) is 3.64. The summed E-state index contributed by atoms with van der Waals surface area (Å²) in [5.74, 6) is 0. The zero-order chi connectivity index (χ0) is 30.6. The molecule has 5 aromatic carbocycles. The maximum absolute atomic E-state index is 2.49. The van der Waals surface area contributed by atoms with Gasteiger partial charge in [-0.05, 0) is 36.7 Å². The summed E-state index contributed by atoms with van der Waals surface area (Å²) in [5.41, 5.74) is 9.77. The molecule has 0 bridgehead atoms. The first-order valence-electron chi connectivity index (χ1n) is 16.1. The maximum Gasteiger partial charge on any atom is 0.434 e. The smallest absolute Gasteiger partial charge is 0.434 e. The monoisotopic (exact) mass is 590 g/mol. The summed E-state index contributed by atoms with van der Waals surface area (Å²) in [5, 5.41) is 0. The van der Waals surface area contributed by atoms with Crippen molar-refractivity contribution in [3.8, 4) is 0 Å². The molecule has 0 atom stereocenters. The highest BCUT2D eigenvalue weighted by atomic mass is 15.2. The third-order valence-electron chi connectivity index (χ3n) is 10.3. The fourth-order valence-corrected chi connectivity index (χ4v) is 8.41. The van der Waals surface area contributed by atoms with E-state index >= 15 is 0 Å². The van der Waals surface area contributed by atoms with Gasteiger partial charge in [0.15, 0.2) is 11.4 Å². The zero-order valence-corrected chi connectivity index (χ0v) is 25.4. The van der Waals surface area contributed by atoms with E-state index in [4.69, 9.17) is 0 Å². The summed E-state index contributed by atoms with van der Waals surface area (Å²) in [6.07, 6.45) is 6.04. The highest BCUT2D eigenvalue weighted by molar-refractivity contribution is 6.97. The zero-order valence-electron chi connectivity index (χ0n) is 25.4. The first-order valence-corrected chi connectivity index (χ1v) is 16.1. The fourth-order valence-electron chi connectivity index (χ4n) is 8.41. The topological polar surface area (TPSA) is 15.9 Å². The van der Waals surface area contributed by atoms with Crippen LogP contribution >= 0.6 is 0 Å². The average Bonchev–Trinajstić information content (AvgIpc) is 3.92.